The number of amides is 2. The standard InChI is InChI=1S/C19H17ClFN5O2S/c1-26-16(10-17(27)22-13-8-6-12(21)7-9-13)24-25-19(26)29-11-18(28)23-15-5-3-2-4-14(15)20/h2-9H,10-11H2,1H3,(H,22,27)(H,23,28). The van der Waals surface area contributed by atoms with Crippen molar-refractivity contribution in [3.63, 3.8) is 0 Å². The van der Waals surface area contributed by atoms with Gasteiger partial charge in [0, 0.05) is 12.7 Å². The fourth-order valence-electron chi connectivity index (χ4n) is 2.39. The summed E-state index contributed by atoms with van der Waals surface area (Å²) in [6.45, 7) is 0. The van der Waals surface area contributed by atoms with E-state index >= 15 is 0 Å². The van der Waals surface area contributed by atoms with E-state index in [1.807, 2.05) is 0 Å². The summed E-state index contributed by atoms with van der Waals surface area (Å²) in [5.74, 6) is -0.365. The van der Waals surface area contributed by atoms with Gasteiger partial charge in [-0.3, -0.25) is 9.59 Å². The van der Waals surface area contributed by atoms with Crippen molar-refractivity contribution in [2.24, 2.45) is 7.05 Å². The summed E-state index contributed by atoms with van der Waals surface area (Å²) in [5, 5.41) is 14.4. The van der Waals surface area contributed by atoms with Crippen LogP contribution < -0.4 is 10.6 Å². The molecular weight excluding hydrogens is 417 g/mol. The van der Waals surface area contributed by atoms with Crippen molar-refractivity contribution in [1.29, 1.82) is 0 Å². The molecule has 1 heterocycles. The van der Waals surface area contributed by atoms with Gasteiger partial charge in [-0.15, -0.1) is 10.2 Å². The van der Waals surface area contributed by atoms with E-state index in [0.717, 1.165) is 0 Å². The molecule has 2 N–H and O–H groups in total. The molecule has 150 valence electrons. The molecule has 0 unspecified atom stereocenters. The highest BCUT2D eigenvalue weighted by atomic mass is 35.5. The number of carbonyl (C=O) groups is 2. The number of nitrogens with zero attached hydrogens (tertiary/aromatic N) is 3. The number of halogens is 2. The summed E-state index contributed by atoms with van der Waals surface area (Å²) in [5.41, 5.74) is 1.03. The maximum Gasteiger partial charge on any atom is 0.234 e. The van der Waals surface area contributed by atoms with Crippen LogP contribution in [0.1, 0.15) is 5.82 Å². The topological polar surface area (TPSA) is 88.9 Å². The quantitative estimate of drug-likeness (QED) is 0.556. The van der Waals surface area contributed by atoms with E-state index in [1.54, 1.807) is 35.9 Å². The Bertz CT molecular complexity index is 1030. The molecule has 0 bridgehead atoms. The van der Waals surface area contributed by atoms with Crippen LogP contribution in [0.4, 0.5) is 15.8 Å². The number of carbonyl (C=O) groups excluding carboxylic acids is 2. The lowest BCUT2D eigenvalue weighted by Gasteiger charge is -2.07. The molecule has 0 aliphatic heterocycles. The average molecular weight is 434 g/mol. The number of nitrogens with one attached hydrogen (secondary N) is 2. The second-order valence-electron chi connectivity index (χ2n) is 6.01. The van der Waals surface area contributed by atoms with Crippen molar-refractivity contribution in [1.82, 2.24) is 14.8 Å². The molecule has 0 aliphatic rings. The minimum atomic E-state index is -0.378. The van der Waals surface area contributed by atoms with Gasteiger partial charge in [-0.1, -0.05) is 35.5 Å². The van der Waals surface area contributed by atoms with Crippen LogP contribution in [0.25, 0.3) is 0 Å². The summed E-state index contributed by atoms with van der Waals surface area (Å²) in [4.78, 5) is 24.3. The van der Waals surface area contributed by atoms with Gasteiger partial charge in [0.2, 0.25) is 11.8 Å². The number of aromatic nitrogens is 3. The molecule has 29 heavy (non-hydrogen) atoms. The Morgan fingerprint density at radius 2 is 1.79 bits per heavy atom. The fraction of sp³-hybridized carbons (Fsp3) is 0.158. The van der Waals surface area contributed by atoms with Gasteiger partial charge in [0.25, 0.3) is 0 Å². The third-order valence-electron chi connectivity index (χ3n) is 3.85. The molecule has 10 heteroatoms. The Labute approximate surface area is 175 Å². The second-order valence-corrected chi connectivity index (χ2v) is 7.36. The Kier molecular flexibility index (Phi) is 6.84. The molecule has 3 aromatic rings. The molecule has 0 saturated heterocycles. The van der Waals surface area contributed by atoms with E-state index in [0.29, 0.717) is 27.4 Å². The molecule has 2 aromatic carbocycles. The molecule has 0 atom stereocenters. The minimum absolute atomic E-state index is 0.00669. The zero-order chi connectivity index (χ0) is 20.8. The third kappa shape index (κ3) is 5.78. The largest absolute Gasteiger partial charge is 0.326 e. The number of anilines is 2. The van der Waals surface area contributed by atoms with E-state index in [-0.39, 0.29) is 29.8 Å². The van der Waals surface area contributed by atoms with Gasteiger partial charge in [-0.2, -0.15) is 0 Å². The monoisotopic (exact) mass is 433 g/mol. The highest BCUT2D eigenvalue weighted by molar-refractivity contribution is 7.99. The van der Waals surface area contributed by atoms with Crippen molar-refractivity contribution in [3.8, 4) is 0 Å². The summed E-state index contributed by atoms with van der Waals surface area (Å²) < 4.78 is 14.6. The van der Waals surface area contributed by atoms with Crippen LogP contribution >= 0.6 is 23.4 Å². The number of rotatable bonds is 7. The van der Waals surface area contributed by atoms with Crippen LogP contribution in [0.3, 0.4) is 0 Å². The lowest BCUT2D eigenvalue weighted by molar-refractivity contribution is -0.116. The van der Waals surface area contributed by atoms with Crippen molar-refractivity contribution in [3.05, 3.63) is 65.2 Å². The van der Waals surface area contributed by atoms with Crippen molar-refractivity contribution < 1.29 is 14.0 Å². The number of hydrogen-bond donors (Lipinski definition) is 2. The van der Waals surface area contributed by atoms with E-state index in [4.69, 9.17) is 11.6 Å². The molecule has 0 spiro atoms. The Balaban J connectivity index is 1.53. The maximum absolute atomic E-state index is 12.9. The highest BCUT2D eigenvalue weighted by Crippen LogP contribution is 2.22. The van der Waals surface area contributed by atoms with Crippen LogP contribution in [-0.4, -0.2) is 32.3 Å². The molecular formula is C19H17ClFN5O2S. The fourth-order valence-corrected chi connectivity index (χ4v) is 3.30. The number of thioether (sulfide) groups is 1. The number of para-hydroxylation sites is 1. The van der Waals surface area contributed by atoms with E-state index in [9.17, 15) is 14.0 Å². The zero-order valence-electron chi connectivity index (χ0n) is 15.4. The Hall–Kier alpha value is -2.91. The van der Waals surface area contributed by atoms with Crippen molar-refractivity contribution in [2.75, 3.05) is 16.4 Å². The predicted molar refractivity (Wildman–Crippen MR) is 111 cm³/mol. The van der Waals surface area contributed by atoms with Crippen LogP contribution in [0.15, 0.2) is 53.7 Å². The first kappa shape index (κ1) is 20.8. The number of benzene rings is 2. The lowest BCUT2D eigenvalue weighted by atomic mass is 10.3. The molecule has 0 saturated carbocycles. The maximum atomic E-state index is 12.9. The zero-order valence-corrected chi connectivity index (χ0v) is 16.9. The van der Waals surface area contributed by atoms with E-state index in [1.165, 1.54) is 36.0 Å². The van der Waals surface area contributed by atoms with Gasteiger partial charge >= 0.3 is 0 Å². The third-order valence-corrected chi connectivity index (χ3v) is 5.20. The highest BCUT2D eigenvalue weighted by Gasteiger charge is 2.15. The first-order valence-electron chi connectivity index (χ1n) is 8.53. The van der Waals surface area contributed by atoms with Gasteiger partial charge in [-0.25, -0.2) is 4.39 Å². The minimum Gasteiger partial charge on any atom is -0.326 e. The van der Waals surface area contributed by atoms with Crippen LogP contribution in [0, 0.1) is 5.82 Å². The molecule has 0 fully saturated rings. The molecule has 0 radical (unpaired) electrons. The first-order chi connectivity index (χ1) is 13.9. The van der Waals surface area contributed by atoms with Crippen molar-refractivity contribution in [2.45, 2.75) is 11.6 Å². The smallest absolute Gasteiger partial charge is 0.234 e. The lowest BCUT2D eigenvalue weighted by Crippen LogP contribution is -2.17. The Morgan fingerprint density at radius 1 is 1.07 bits per heavy atom. The normalized spacial score (nSPS) is 10.6. The number of hydrogen-bond acceptors (Lipinski definition) is 5. The van der Waals surface area contributed by atoms with E-state index < -0.39 is 0 Å². The van der Waals surface area contributed by atoms with Gasteiger partial charge in [0.1, 0.15) is 11.6 Å². The summed E-state index contributed by atoms with van der Waals surface area (Å²) in [6, 6.07) is 12.4. The first-order valence-corrected chi connectivity index (χ1v) is 9.89. The molecule has 7 nitrogen and oxygen atoms in total. The van der Waals surface area contributed by atoms with Gasteiger partial charge in [0.15, 0.2) is 5.16 Å². The molecule has 0 aliphatic carbocycles. The Morgan fingerprint density at radius 3 is 2.52 bits per heavy atom. The van der Waals surface area contributed by atoms with Crippen molar-refractivity contribution >= 4 is 46.6 Å². The van der Waals surface area contributed by atoms with Crippen LogP contribution in [0.2, 0.25) is 5.02 Å². The second kappa shape index (κ2) is 9.53. The van der Waals surface area contributed by atoms with Gasteiger partial charge in [0.05, 0.1) is 22.9 Å². The van der Waals surface area contributed by atoms with E-state index in [2.05, 4.69) is 20.8 Å². The summed E-state index contributed by atoms with van der Waals surface area (Å²) in [7, 11) is 1.72. The summed E-state index contributed by atoms with van der Waals surface area (Å²) >= 11 is 7.22. The molecule has 2 amide bonds. The van der Waals surface area contributed by atoms with Gasteiger partial charge in [-0.05, 0) is 36.4 Å². The summed E-state index contributed by atoms with van der Waals surface area (Å²) in [6.07, 6.45) is -0.00669. The average Bonchev–Trinajstić information content (AvgIpc) is 3.03. The molecule has 1 aromatic heterocycles. The predicted octanol–water partition coefficient (Wildman–Crippen LogP) is 3.52. The van der Waals surface area contributed by atoms with Gasteiger partial charge < -0.3 is 15.2 Å². The van der Waals surface area contributed by atoms with Crippen LogP contribution in [-0.2, 0) is 23.1 Å². The molecule has 3 rings (SSSR count). The van der Waals surface area contributed by atoms with Crippen LogP contribution in [0.5, 0.6) is 0 Å². The SMILES string of the molecule is Cn1c(CC(=O)Nc2ccc(F)cc2)nnc1SCC(=O)Nc1ccccc1Cl.